The molecule has 0 amide bonds. The van der Waals surface area contributed by atoms with Crippen LogP contribution in [0.25, 0.3) is 0 Å². The lowest BCUT2D eigenvalue weighted by Crippen LogP contribution is -2.10. The fourth-order valence-electron chi connectivity index (χ4n) is 1.78. The highest BCUT2D eigenvalue weighted by Crippen LogP contribution is 2.30. The lowest BCUT2D eigenvalue weighted by Gasteiger charge is -2.18. The van der Waals surface area contributed by atoms with Crippen LogP contribution in [0.1, 0.15) is 18.5 Å². The van der Waals surface area contributed by atoms with Gasteiger partial charge in [0.25, 0.3) is 0 Å². The summed E-state index contributed by atoms with van der Waals surface area (Å²) in [6.07, 6.45) is 0. The number of nitrogens with one attached hydrogen (secondary N) is 1. The topological polar surface area (TPSA) is 12.0 Å². The first-order chi connectivity index (χ1) is 8.99. The van der Waals surface area contributed by atoms with Crippen molar-refractivity contribution in [1.29, 1.82) is 0 Å². The molecule has 0 radical (unpaired) electrons. The minimum Gasteiger partial charge on any atom is -0.374 e. The molecule has 1 N–H and O–H groups in total. The van der Waals surface area contributed by atoms with E-state index in [0.717, 1.165) is 0 Å². The van der Waals surface area contributed by atoms with Crippen molar-refractivity contribution in [2.75, 3.05) is 5.32 Å². The Hall–Kier alpha value is -1.32. The van der Waals surface area contributed by atoms with Crippen molar-refractivity contribution in [2.24, 2.45) is 0 Å². The van der Waals surface area contributed by atoms with Gasteiger partial charge in [-0.25, -0.2) is 8.78 Å². The minimum atomic E-state index is -0.642. The molecule has 0 fully saturated rings. The lowest BCUT2D eigenvalue weighted by molar-refractivity contribution is 0.584. The molecule has 0 saturated carbocycles. The highest BCUT2D eigenvalue weighted by Gasteiger charge is 2.14. The molecular formula is C14H11Cl2F2N. The van der Waals surface area contributed by atoms with Gasteiger partial charge in [0.15, 0.2) is 0 Å². The van der Waals surface area contributed by atoms with Crippen LogP contribution in [-0.2, 0) is 0 Å². The van der Waals surface area contributed by atoms with Crippen LogP contribution in [0.4, 0.5) is 14.5 Å². The minimum absolute atomic E-state index is 0.166. The highest BCUT2D eigenvalue weighted by molar-refractivity contribution is 6.35. The molecule has 1 atom stereocenters. The Morgan fingerprint density at radius 1 is 1.05 bits per heavy atom. The van der Waals surface area contributed by atoms with Gasteiger partial charge in [0.2, 0.25) is 0 Å². The van der Waals surface area contributed by atoms with Crippen LogP contribution >= 0.6 is 23.2 Å². The summed E-state index contributed by atoms with van der Waals surface area (Å²) < 4.78 is 27.1. The lowest BCUT2D eigenvalue weighted by atomic mass is 10.1. The van der Waals surface area contributed by atoms with Crippen molar-refractivity contribution < 1.29 is 8.78 Å². The first kappa shape index (κ1) is 14.1. The largest absolute Gasteiger partial charge is 0.374 e. The summed E-state index contributed by atoms with van der Waals surface area (Å²) in [6, 6.07) is 8.35. The van der Waals surface area contributed by atoms with Gasteiger partial charge < -0.3 is 5.32 Å². The van der Waals surface area contributed by atoms with Crippen LogP contribution in [0.5, 0.6) is 0 Å². The summed E-state index contributed by atoms with van der Waals surface area (Å²) in [4.78, 5) is 0. The predicted octanol–water partition coefficient (Wildman–Crippen LogP) is 5.44. The summed E-state index contributed by atoms with van der Waals surface area (Å²) >= 11 is 11.9. The summed E-state index contributed by atoms with van der Waals surface area (Å²) in [5.41, 5.74) is 0.551. The van der Waals surface area contributed by atoms with E-state index in [0.29, 0.717) is 15.6 Å². The van der Waals surface area contributed by atoms with Gasteiger partial charge in [0, 0.05) is 10.0 Å². The third kappa shape index (κ3) is 3.17. The van der Waals surface area contributed by atoms with E-state index < -0.39 is 11.6 Å². The summed E-state index contributed by atoms with van der Waals surface area (Å²) in [7, 11) is 0. The quantitative estimate of drug-likeness (QED) is 0.795. The normalized spacial score (nSPS) is 12.3. The third-order valence-electron chi connectivity index (χ3n) is 2.75. The number of halogens is 4. The first-order valence-corrected chi connectivity index (χ1v) is 6.40. The number of benzene rings is 2. The average molecular weight is 302 g/mol. The van der Waals surface area contributed by atoms with E-state index in [1.54, 1.807) is 25.1 Å². The molecule has 2 aromatic carbocycles. The maximum Gasteiger partial charge on any atom is 0.149 e. The van der Waals surface area contributed by atoms with Gasteiger partial charge in [0.05, 0.1) is 6.04 Å². The smallest absolute Gasteiger partial charge is 0.149 e. The van der Waals surface area contributed by atoms with E-state index in [2.05, 4.69) is 5.32 Å². The van der Waals surface area contributed by atoms with Crippen LogP contribution in [0.15, 0.2) is 36.4 Å². The monoisotopic (exact) mass is 301 g/mol. The van der Waals surface area contributed by atoms with Crippen LogP contribution in [0, 0.1) is 11.6 Å². The molecule has 2 rings (SSSR count). The van der Waals surface area contributed by atoms with Crippen LogP contribution in [-0.4, -0.2) is 0 Å². The molecule has 2 aromatic rings. The zero-order valence-electron chi connectivity index (χ0n) is 10.1. The summed E-state index contributed by atoms with van der Waals surface area (Å²) in [5.74, 6) is -1.28. The predicted molar refractivity (Wildman–Crippen MR) is 74.9 cm³/mol. The molecule has 0 aromatic heterocycles. The highest BCUT2D eigenvalue weighted by atomic mass is 35.5. The number of rotatable bonds is 3. The van der Waals surface area contributed by atoms with Crippen molar-refractivity contribution >= 4 is 28.9 Å². The number of anilines is 1. The molecule has 0 saturated heterocycles. The fourth-order valence-corrected chi connectivity index (χ4v) is 2.35. The van der Waals surface area contributed by atoms with Gasteiger partial charge in [-0.3, -0.25) is 0 Å². The SMILES string of the molecule is CC(Nc1c(F)cccc1F)c1ccc(Cl)cc1Cl. The van der Waals surface area contributed by atoms with Crippen LogP contribution < -0.4 is 5.32 Å². The van der Waals surface area contributed by atoms with Gasteiger partial charge in [-0.2, -0.15) is 0 Å². The third-order valence-corrected chi connectivity index (χ3v) is 3.32. The average Bonchev–Trinajstić information content (AvgIpc) is 2.33. The molecule has 100 valence electrons. The Balaban J connectivity index is 2.28. The van der Waals surface area contributed by atoms with Gasteiger partial charge in [-0.05, 0) is 36.8 Å². The molecule has 5 heteroatoms. The molecule has 0 aliphatic rings. The van der Waals surface area contributed by atoms with Gasteiger partial charge in [-0.1, -0.05) is 35.3 Å². The maximum absolute atomic E-state index is 13.5. The zero-order chi connectivity index (χ0) is 14.0. The van der Waals surface area contributed by atoms with Gasteiger partial charge in [0.1, 0.15) is 17.3 Å². The molecule has 0 aliphatic carbocycles. The second-order valence-electron chi connectivity index (χ2n) is 4.13. The summed E-state index contributed by atoms with van der Waals surface area (Å²) in [6.45, 7) is 1.76. The van der Waals surface area contributed by atoms with Crippen molar-refractivity contribution in [1.82, 2.24) is 0 Å². The second-order valence-corrected chi connectivity index (χ2v) is 4.97. The van der Waals surface area contributed by atoms with Crippen LogP contribution in [0.3, 0.4) is 0 Å². The van der Waals surface area contributed by atoms with Crippen molar-refractivity contribution in [2.45, 2.75) is 13.0 Å². The number of para-hydroxylation sites is 1. The van der Waals surface area contributed by atoms with Gasteiger partial charge >= 0.3 is 0 Å². The van der Waals surface area contributed by atoms with Crippen molar-refractivity contribution in [3.8, 4) is 0 Å². The Morgan fingerprint density at radius 3 is 2.26 bits per heavy atom. The molecule has 0 spiro atoms. The Kier molecular flexibility index (Phi) is 4.27. The standard InChI is InChI=1S/C14H11Cl2F2N/c1-8(10-6-5-9(15)7-11(10)16)19-14-12(17)3-2-4-13(14)18/h2-8,19H,1H3. The van der Waals surface area contributed by atoms with Gasteiger partial charge in [-0.15, -0.1) is 0 Å². The van der Waals surface area contributed by atoms with E-state index >= 15 is 0 Å². The molecule has 0 aliphatic heterocycles. The van der Waals surface area contributed by atoms with Crippen molar-refractivity contribution in [3.05, 3.63) is 63.6 Å². The molecule has 0 heterocycles. The Bertz CT molecular complexity index is 582. The van der Waals surface area contributed by atoms with Crippen molar-refractivity contribution in [3.63, 3.8) is 0 Å². The van der Waals surface area contributed by atoms with E-state index in [-0.39, 0.29) is 11.7 Å². The molecule has 1 unspecified atom stereocenters. The maximum atomic E-state index is 13.5. The van der Waals surface area contributed by atoms with E-state index in [1.807, 2.05) is 0 Å². The number of hydrogen-bond acceptors (Lipinski definition) is 1. The molecular weight excluding hydrogens is 291 g/mol. The van der Waals surface area contributed by atoms with E-state index in [1.165, 1.54) is 18.2 Å². The number of hydrogen-bond donors (Lipinski definition) is 1. The Labute approximate surface area is 120 Å². The first-order valence-electron chi connectivity index (χ1n) is 5.64. The summed E-state index contributed by atoms with van der Waals surface area (Å²) in [5, 5.41) is 3.74. The van der Waals surface area contributed by atoms with E-state index in [9.17, 15) is 8.78 Å². The molecule has 0 bridgehead atoms. The molecule has 1 nitrogen and oxygen atoms in total. The Morgan fingerprint density at radius 2 is 1.68 bits per heavy atom. The van der Waals surface area contributed by atoms with Crippen LogP contribution in [0.2, 0.25) is 10.0 Å². The van der Waals surface area contributed by atoms with E-state index in [4.69, 9.17) is 23.2 Å². The zero-order valence-corrected chi connectivity index (χ0v) is 11.6. The molecule has 19 heavy (non-hydrogen) atoms. The second kappa shape index (κ2) is 5.76. The fraction of sp³-hybridized carbons (Fsp3) is 0.143.